The van der Waals surface area contributed by atoms with Gasteiger partial charge in [-0.05, 0) is 37.6 Å². The fourth-order valence-corrected chi connectivity index (χ4v) is 4.06. The van der Waals surface area contributed by atoms with Gasteiger partial charge in [-0.1, -0.05) is 37.3 Å². The Kier molecular flexibility index (Phi) is 6.14. The first-order valence-corrected chi connectivity index (χ1v) is 11.5. The van der Waals surface area contributed by atoms with Gasteiger partial charge in [-0.3, -0.25) is 9.78 Å². The van der Waals surface area contributed by atoms with Gasteiger partial charge in [-0.15, -0.1) is 10.2 Å². The van der Waals surface area contributed by atoms with Crippen LogP contribution >= 0.6 is 0 Å². The van der Waals surface area contributed by atoms with Crippen LogP contribution < -0.4 is 5.32 Å². The van der Waals surface area contributed by atoms with Gasteiger partial charge in [0.1, 0.15) is 5.69 Å². The van der Waals surface area contributed by atoms with Crippen molar-refractivity contribution in [2.75, 3.05) is 19.6 Å². The molecular weight excluding hydrogens is 428 g/mol. The summed E-state index contributed by atoms with van der Waals surface area (Å²) in [6.07, 6.45) is 2.72. The van der Waals surface area contributed by atoms with E-state index in [0.717, 1.165) is 37.2 Å². The molecule has 8 heteroatoms. The summed E-state index contributed by atoms with van der Waals surface area (Å²) in [5.41, 5.74) is 4.29. The number of aromatic nitrogens is 4. The summed E-state index contributed by atoms with van der Waals surface area (Å²) >= 11 is 0. The van der Waals surface area contributed by atoms with E-state index < -0.39 is 0 Å². The molecular formula is C26H26N6O2. The Morgan fingerprint density at radius 3 is 2.59 bits per heavy atom. The molecule has 2 aromatic heterocycles. The van der Waals surface area contributed by atoms with Gasteiger partial charge in [-0.25, -0.2) is 4.98 Å². The Balaban J connectivity index is 1.37. The maximum atomic E-state index is 13.0. The number of hydrogen-bond acceptors (Lipinski definition) is 7. The van der Waals surface area contributed by atoms with Gasteiger partial charge in [0.2, 0.25) is 5.89 Å². The van der Waals surface area contributed by atoms with Gasteiger partial charge in [0.05, 0.1) is 17.6 Å². The van der Waals surface area contributed by atoms with Crippen LogP contribution in [0.2, 0.25) is 0 Å². The average Bonchev–Trinajstić information content (AvgIpc) is 3.39. The molecule has 1 unspecified atom stereocenters. The van der Waals surface area contributed by atoms with E-state index in [2.05, 4.69) is 27.4 Å². The minimum Gasteiger partial charge on any atom is -0.415 e. The molecule has 0 bridgehead atoms. The molecule has 2 aromatic carbocycles. The summed E-state index contributed by atoms with van der Waals surface area (Å²) in [6, 6.07) is 17.5. The highest BCUT2D eigenvalue weighted by atomic mass is 16.4. The summed E-state index contributed by atoms with van der Waals surface area (Å²) in [5.74, 6) is 0.812. The summed E-state index contributed by atoms with van der Waals surface area (Å²) < 4.78 is 5.88. The number of hydrogen-bond donors (Lipinski definition) is 1. The van der Waals surface area contributed by atoms with Gasteiger partial charge in [0.15, 0.2) is 0 Å². The van der Waals surface area contributed by atoms with Gasteiger partial charge in [0.25, 0.3) is 11.8 Å². The molecule has 1 saturated heterocycles. The highest BCUT2D eigenvalue weighted by Crippen LogP contribution is 2.26. The van der Waals surface area contributed by atoms with Crippen molar-refractivity contribution in [3.8, 4) is 34.3 Å². The maximum Gasteiger partial charge on any atom is 0.268 e. The van der Waals surface area contributed by atoms with Crippen LogP contribution in [0.5, 0.6) is 0 Å². The molecule has 172 valence electrons. The van der Waals surface area contributed by atoms with Crippen LogP contribution in [-0.4, -0.2) is 56.6 Å². The van der Waals surface area contributed by atoms with Crippen LogP contribution in [0.1, 0.15) is 29.4 Å². The predicted octanol–water partition coefficient (Wildman–Crippen LogP) is 3.99. The molecule has 1 aliphatic heterocycles. The SMILES string of the molecule is CCC1CN(C(=O)c2ccc(-c3cnc(C)c(-c4nnc(-c5ccccc5)o4)n3)cc2)CCN1. The fourth-order valence-electron chi connectivity index (χ4n) is 4.06. The number of carbonyl (C=O) groups is 1. The smallest absolute Gasteiger partial charge is 0.268 e. The third kappa shape index (κ3) is 4.45. The second kappa shape index (κ2) is 9.52. The summed E-state index contributed by atoms with van der Waals surface area (Å²) in [5, 5.41) is 11.8. The van der Waals surface area contributed by atoms with Crippen molar-refractivity contribution in [3.05, 3.63) is 72.1 Å². The quantitative estimate of drug-likeness (QED) is 0.487. The van der Waals surface area contributed by atoms with Crippen LogP contribution in [0.4, 0.5) is 0 Å². The number of piperazine rings is 1. The van der Waals surface area contributed by atoms with Crippen LogP contribution in [0.25, 0.3) is 34.3 Å². The van der Waals surface area contributed by atoms with Crippen molar-refractivity contribution in [2.24, 2.45) is 0 Å². The van der Waals surface area contributed by atoms with Crippen molar-refractivity contribution in [1.82, 2.24) is 30.4 Å². The van der Waals surface area contributed by atoms with E-state index in [4.69, 9.17) is 9.40 Å². The zero-order valence-corrected chi connectivity index (χ0v) is 19.2. The first-order valence-electron chi connectivity index (χ1n) is 11.5. The number of amides is 1. The molecule has 34 heavy (non-hydrogen) atoms. The summed E-state index contributed by atoms with van der Waals surface area (Å²) in [6.45, 7) is 6.27. The monoisotopic (exact) mass is 454 g/mol. The maximum absolute atomic E-state index is 13.0. The molecule has 4 aromatic rings. The van der Waals surface area contributed by atoms with Crippen molar-refractivity contribution in [1.29, 1.82) is 0 Å². The number of carbonyl (C=O) groups excluding carboxylic acids is 1. The molecule has 5 rings (SSSR count). The zero-order valence-electron chi connectivity index (χ0n) is 19.2. The van der Waals surface area contributed by atoms with Gasteiger partial charge in [-0.2, -0.15) is 0 Å². The highest BCUT2D eigenvalue weighted by molar-refractivity contribution is 5.94. The Hall–Kier alpha value is -3.91. The number of benzene rings is 2. The van der Waals surface area contributed by atoms with E-state index in [9.17, 15) is 4.79 Å². The Morgan fingerprint density at radius 2 is 1.82 bits per heavy atom. The molecule has 0 spiro atoms. The van der Waals surface area contributed by atoms with Crippen LogP contribution in [0.3, 0.4) is 0 Å². The van der Waals surface area contributed by atoms with E-state index in [-0.39, 0.29) is 5.91 Å². The topological polar surface area (TPSA) is 97.0 Å². The third-order valence-corrected chi connectivity index (χ3v) is 6.07. The number of rotatable bonds is 5. The number of aryl methyl sites for hydroxylation is 1. The minimum absolute atomic E-state index is 0.0569. The lowest BCUT2D eigenvalue weighted by atomic mass is 10.1. The van der Waals surface area contributed by atoms with E-state index in [1.54, 1.807) is 6.20 Å². The predicted molar refractivity (Wildman–Crippen MR) is 129 cm³/mol. The lowest BCUT2D eigenvalue weighted by Gasteiger charge is -2.33. The van der Waals surface area contributed by atoms with Crippen LogP contribution in [-0.2, 0) is 0 Å². The second-order valence-corrected chi connectivity index (χ2v) is 8.36. The van der Waals surface area contributed by atoms with Crippen LogP contribution in [0.15, 0.2) is 65.2 Å². The molecule has 0 radical (unpaired) electrons. The Bertz CT molecular complexity index is 1290. The molecule has 3 heterocycles. The molecule has 1 aliphatic rings. The molecule has 0 aliphatic carbocycles. The van der Waals surface area contributed by atoms with Crippen molar-refractivity contribution < 1.29 is 9.21 Å². The van der Waals surface area contributed by atoms with Crippen molar-refractivity contribution >= 4 is 5.91 Å². The van der Waals surface area contributed by atoms with Gasteiger partial charge < -0.3 is 14.6 Å². The molecule has 1 N–H and O–H groups in total. The van der Waals surface area contributed by atoms with Gasteiger partial charge in [0, 0.05) is 42.4 Å². The van der Waals surface area contributed by atoms with E-state index in [1.165, 1.54) is 0 Å². The van der Waals surface area contributed by atoms with Crippen molar-refractivity contribution in [3.63, 3.8) is 0 Å². The lowest BCUT2D eigenvalue weighted by Crippen LogP contribution is -2.52. The summed E-state index contributed by atoms with van der Waals surface area (Å²) in [4.78, 5) is 24.1. The standard InChI is InChI=1S/C26H26N6O2/c1-3-21-16-32(14-13-27-21)26(33)20-11-9-18(10-12-20)22-15-28-17(2)23(29-22)25-31-30-24(34-25)19-7-5-4-6-8-19/h4-12,15,21,27H,3,13-14,16H2,1-2H3. The molecule has 0 saturated carbocycles. The normalized spacial score (nSPS) is 15.9. The zero-order chi connectivity index (χ0) is 23.5. The Morgan fingerprint density at radius 1 is 1.06 bits per heavy atom. The minimum atomic E-state index is 0.0569. The fraction of sp³-hybridized carbons (Fsp3) is 0.269. The summed E-state index contributed by atoms with van der Waals surface area (Å²) in [7, 11) is 0. The molecule has 8 nitrogen and oxygen atoms in total. The number of nitrogens with one attached hydrogen (secondary N) is 1. The van der Waals surface area contributed by atoms with E-state index in [0.29, 0.717) is 40.5 Å². The van der Waals surface area contributed by atoms with E-state index in [1.807, 2.05) is 66.4 Å². The average molecular weight is 455 g/mol. The van der Waals surface area contributed by atoms with Crippen LogP contribution in [0, 0.1) is 6.92 Å². The Labute approximate surface area is 198 Å². The lowest BCUT2D eigenvalue weighted by molar-refractivity contribution is 0.0701. The van der Waals surface area contributed by atoms with Crippen molar-refractivity contribution in [2.45, 2.75) is 26.3 Å². The first kappa shape index (κ1) is 21.9. The molecule has 1 atom stereocenters. The highest BCUT2D eigenvalue weighted by Gasteiger charge is 2.23. The molecule has 1 amide bonds. The van der Waals surface area contributed by atoms with E-state index >= 15 is 0 Å². The third-order valence-electron chi connectivity index (χ3n) is 6.07. The second-order valence-electron chi connectivity index (χ2n) is 8.36. The van der Waals surface area contributed by atoms with Gasteiger partial charge >= 0.3 is 0 Å². The first-order chi connectivity index (χ1) is 16.6. The largest absolute Gasteiger partial charge is 0.415 e. The molecule has 1 fully saturated rings. The number of nitrogens with zero attached hydrogens (tertiary/aromatic N) is 5.